The maximum absolute atomic E-state index is 12.6. The van der Waals surface area contributed by atoms with E-state index in [0.717, 1.165) is 18.7 Å². The molecular formula is C16H18F3N3O2. The molecule has 0 saturated carbocycles. The molecule has 130 valence electrons. The van der Waals surface area contributed by atoms with Crippen molar-refractivity contribution in [3.05, 3.63) is 34.9 Å². The van der Waals surface area contributed by atoms with E-state index in [1.165, 1.54) is 11.1 Å². The second kappa shape index (κ2) is 6.43. The van der Waals surface area contributed by atoms with Crippen LogP contribution in [-0.2, 0) is 29.2 Å². The Kier molecular flexibility index (Phi) is 4.49. The number of nitrogens with one attached hydrogen (secondary N) is 3. The minimum atomic E-state index is -4.48. The molecule has 3 N–H and O–H groups in total. The summed E-state index contributed by atoms with van der Waals surface area (Å²) in [6.07, 6.45) is -4.86. The summed E-state index contributed by atoms with van der Waals surface area (Å²) < 4.78 is 37.8. The Morgan fingerprint density at radius 1 is 1.21 bits per heavy atom. The van der Waals surface area contributed by atoms with Crippen molar-refractivity contribution in [2.75, 3.05) is 0 Å². The van der Waals surface area contributed by atoms with Crippen molar-refractivity contribution in [2.45, 2.75) is 44.7 Å². The highest BCUT2D eigenvalue weighted by Gasteiger charge is 2.45. The summed E-state index contributed by atoms with van der Waals surface area (Å²) in [6.45, 7) is 1.85. The van der Waals surface area contributed by atoms with Crippen LogP contribution in [0.3, 0.4) is 0 Å². The molecule has 0 aromatic heterocycles. The lowest BCUT2D eigenvalue weighted by Gasteiger charge is -2.29. The van der Waals surface area contributed by atoms with E-state index in [4.69, 9.17) is 0 Å². The van der Waals surface area contributed by atoms with E-state index in [1.807, 2.05) is 23.5 Å². The van der Waals surface area contributed by atoms with Gasteiger partial charge in [-0.25, -0.2) is 0 Å². The molecule has 0 radical (unpaired) electrons. The first-order valence-electron chi connectivity index (χ1n) is 7.81. The summed E-state index contributed by atoms with van der Waals surface area (Å²) in [5.41, 5.74) is 3.29. The Morgan fingerprint density at radius 3 is 2.67 bits per heavy atom. The van der Waals surface area contributed by atoms with Crippen LogP contribution < -0.4 is 16.0 Å². The summed E-state index contributed by atoms with van der Waals surface area (Å²) >= 11 is 0. The maximum Gasteiger partial charge on any atom is 0.408 e. The third-order valence-electron chi connectivity index (χ3n) is 4.46. The van der Waals surface area contributed by atoms with Crippen molar-refractivity contribution in [3.8, 4) is 0 Å². The lowest BCUT2D eigenvalue weighted by Crippen LogP contribution is -2.54. The van der Waals surface area contributed by atoms with Gasteiger partial charge in [-0.2, -0.15) is 13.2 Å². The third-order valence-corrected chi connectivity index (χ3v) is 4.46. The second-order valence-electron chi connectivity index (χ2n) is 6.16. The molecule has 1 saturated heterocycles. The van der Waals surface area contributed by atoms with E-state index >= 15 is 0 Å². The van der Waals surface area contributed by atoms with Crippen molar-refractivity contribution in [1.82, 2.24) is 16.0 Å². The lowest BCUT2D eigenvalue weighted by atomic mass is 9.92. The van der Waals surface area contributed by atoms with Crippen LogP contribution in [0.15, 0.2) is 18.2 Å². The van der Waals surface area contributed by atoms with Crippen molar-refractivity contribution in [3.63, 3.8) is 0 Å². The summed E-state index contributed by atoms with van der Waals surface area (Å²) in [5.74, 6) is -2.47. The summed E-state index contributed by atoms with van der Waals surface area (Å²) in [5, 5.41) is 7.75. The highest BCUT2D eigenvalue weighted by molar-refractivity contribution is 6.00. The fourth-order valence-corrected chi connectivity index (χ4v) is 3.08. The predicted molar refractivity (Wildman–Crippen MR) is 79.5 cm³/mol. The first kappa shape index (κ1) is 16.8. The molecule has 0 spiro atoms. The molecule has 1 aromatic carbocycles. The van der Waals surface area contributed by atoms with Crippen molar-refractivity contribution in [2.24, 2.45) is 5.92 Å². The van der Waals surface area contributed by atoms with Gasteiger partial charge in [-0.05, 0) is 29.5 Å². The molecule has 0 bridgehead atoms. The van der Waals surface area contributed by atoms with Crippen LogP contribution in [0.1, 0.15) is 29.5 Å². The third kappa shape index (κ3) is 3.53. The van der Waals surface area contributed by atoms with E-state index in [-0.39, 0.29) is 19.4 Å². The molecule has 2 aliphatic heterocycles. The Labute approximate surface area is 137 Å². The average molecular weight is 341 g/mol. The van der Waals surface area contributed by atoms with Crippen molar-refractivity contribution < 1.29 is 22.8 Å². The van der Waals surface area contributed by atoms with Crippen LogP contribution in [0.2, 0.25) is 0 Å². The predicted octanol–water partition coefficient (Wildman–Crippen LogP) is 1.36. The number of hydrogen-bond acceptors (Lipinski definition) is 3. The smallest absolute Gasteiger partial charge is 0.351 e. The van der Waals surface area contributed by atoms with Gasteiger partial charge in [0.2, 0.25) is 11.8 Å². The lowest BCUT2D eigenvalue weighted by molar-refractivity contribution is -0.171. The number of benzene rings is 1. The molecule has 5 nitrogen and oxygen atoms in total. The van der Waals surface area contributed by atoms with Gasteiger partial charge in [-0.15, -0.1) is 0 Å². The SMILES string of the molecule is O=C(NCc1ccc2c(c1)CNC2)C1CCC(C(F)(F)F)NC1=O. The monoisotopic (exact) mass is 341 g/mol. The van der Waals surface area contributed by atoms with Gasteiger partial charge in [0.25, 0.3) is 0 Å². The molecule has 2 unspecified atom stereocenters. The van der Waals surface area contributed by atoms with Gasteiger partial charge in [0, 0.05) is 19.6 Å². The van der Waals surface area contributed by atoms with Gasteiger partial charge in [0.15, 0.2) is 0 Å². The van der Waals surface area contributed by atoms with Gasteiger partial charge in [-0.1, -0.05) is 18.2 Å². The molecule has 2 aliphatic rings. The van der Waals surface area contributed by atoms with Gasteiger partial charge in [-0.3, -0.25) is 9.59 Å². The Hall–Kier alpha value is -2.09. The molecule has 0 aliphatic carbocycles. The zero-order valence-corrected chi connectivity index (χ0v) is 12.9. The van der Waals surface area contributed by atoms with Crippen molar-refractivity contribution in [1.29, 1.82) is 0 Å². The molecule has 2 atom stereocenters. The normalized spacial score (nSPS) is 23.5. The quantitative estimate of drug-likeness (QED) is 0.727. The van der Waals surface area contributed by atoms with Crippen LogP contribution in [-0.4, -0.2) is 24.0 Å². The first-order chi connectivity index (χ1) is 11.3. The van der Waals surface area contributed by atoms with Crippen LogP contribution in [0.5, 0.6) is 0 Å². The maximum atomic E-state index is 12.6. The number of carbonyl (C=O) groups is 2. The zero-order valence-electron chi connectivity index (χ0n) is 12.9. The number of amides is 2. The molecule has 2 amide bonds. The number of rotatable bonds is 3. The molecule has 3 rings (SSSR count). The largest absolute Gasteiger partial charge is 0.408 e. The second-order valence-corrected chi connectivity index (χ2v) is 6.16. The van der Waals surface area contributed by atoms with E-state index < -0.39 is 30.0 Å². The number of fused-ring (bicyclic) bond motifs is 1. The fraction of sp³-hybridized carbons (Fsp3) is 0.500. The minimum Gasteiger partial charge on any atom is -0.351 e. The highest BCUT2D eigenvalue weighted by atomic mass is 19.4. The van der Waals surface area contributed by atoms with Crippen LogP contribution in [0.25, 0.3) is 0 Å². The standard InChI is InChI=1S/C16H18F3N3O2/c17-16(18,19)13-4-3-12(15(24)22-13)14(23)21-6-9-1-2-10-7-20-8-11(10)5-9/h1-2,5,12-13,20H,3-4,6-8H2,(H,21,23)(H,22,24). The first-order valence-corrected chi connectivity index (χ1v) is 7.81. The molecule has 1 fully saturated rings. The molecule has 2 heterocycles. The van der Waals surface area contributed by atoms with Gasteiger partial charge < -0.3 is 16.0 Å². The summed E-state index contributed by atoms with van der Waals surface area (Å²) in [4.78, 5) is 23.9. The number of halogens is 3. The highest BCUT2D eigenvalue weighted by Crippen LogP contribution is 2.28. The van der Waals surface area contributed by atoms with E-state index in [2.05, 4.69) is 10.6 Å². The number of piperidine rings is 1. The van der Waals surface area contributed by atoms with E-state index in [1.54, 1.807) is 0 Å². The van der Waals surface area contributed by atoms with Crippen LogP contribution in [0, 0.1) is 5.92 Å². The molecule has 24 heavy (non-hydrogen) atoms. The van der Waals surface area contributed by atoms with Gasteiger partial charge in [0.1, 0.15) is 12.0 Å². The minimum absolute atomic E-state index is 0.101. The van der Waals surface area contributed by atoms with Crippen LogP contribution in [0.4, 0.5) is 13.2 Å². The fourth-order valence-electron chi connectivity index (χ4n) is 3.08. The number of alkyl halides is 3. The number of carbonyl (C=O) groups excluding carboxylic acids is 2. The van der Waals surface area contributed by atoms with Gasteiger partial charge >= 0.3 is 6.18 Å². The summed E-state index contributed by atoms with van der Waals surface area (Å²) in [6, 6.07) is 4.00. The Balaban J connectivity index is 1.55. The van der Waals surface area contributed by atoms with Crippen molar-refractivity contribution >= 4 is 11.8 Å². The van der Waals surface area contributed by atoms with E-state index in [9.17, 15) is 22.8 Å². The zero-order chi connectivity index (χ0) is 17.3. The van der Waals surface area contributed by atoms with Crippen LogP contribution >= 0.6 is 0 Å². The van der Waals surface area contributed by atoms with E-state index in [0.29, 0.717) is 0 Å². The molecular weight excluding hydrogens is 323 g/mol. The molecule has 8 heteroatoms. The Morgan fingerprint density at radius 2 is 1.96 bits per heavy atom. The van der Waals surface area contributed by atoms with Gasteiger partial charge in [0.05, 0.1) is 0 Å². The Bertz CT molecular complexity index is 660. The topological polar surface area (TPSA) is 70.2 Å². The molecule has 1 aromatic rings. The number of hydrogen-bond donors (Lipinski definition) is 3. The summed E-state index contributed by atoms with van der Waals surface area (Å²) in [7, 11) is 0. The average Bonchev–Trinajstić information content (AvgIpc) is 2.99.